The first-order valence-corrected chi connectivity index (χ1v) is 5.35. The average molecular weight is 259 g/mol. The van der Waals surface area contributed by atoms with Crippen molar-refractivity contribution in [3.8, 4) is 11.3 Å². The Balaban J connectivity index is 2.45. The molecule has 5 heteroatoms. The predicted molar refractivity (Wildman–Crippen MR) is 55.4 cm³/mol. The number of oxazole rings is 1. The van der Waals surface area contributed by atoms with Gasteiger partial charge in [-0.05, 0) is 22.0 Å². The Kier molecular flexibility index (Phi) is 2.48. The number of nitrogens with zero attached hydrogens (tertiary/aromatic N) is 1. The highest BCUT2D eigenvalue weighted by Crippen LogP contribution is 2.30. The summed E-state index contributed by atoms with van der Waals surface area (Å²) < 4.78 is 6.32. The molecule has 0 amide bonds. The molecule has 2 aromatic rings. The Bertz CT molecular complexity index is 410. The number of hydrogen-bond donors (Lipinski definition) is 1. The third kappa shape index (κ3) is 1.67. The van der Waals surface area contributed by atoms with E-state index in [0.29, 0.717) is 6.54 Å². The normalized spacial score (nSPS) is 10.6. The highest BCUT2D eigenvalue weighted by Gasteiger charge is 2.10. The van der Waals surface area contributed by atoms with Crippen molar-refractivity contribution < 1.29 is 4.42 Å². The Morgan fingerprint density at radius 1 is 1.62 bits per heavy atom. The molecule has 3 nitrogen and oxygen atoms in total. The van der Waals surface area contributed by atoms with E-state index in [0.717, 1.165) is 20.8 Å². The second-order valence-electron chi connectivity index (χ2n) is 2.47. The van der Waals surface area contributed by atoms with Crippen LogP contribution in [0.1, 0.15) is 5.69 Å². The zero-order chi connectivity index (χ0) is 9.26. The number of hydrogen-bond acceptors (Lipinski definition) is 4. The summed E-state index contributed by atoms with van der Waals surface area (Å²) in [5, 5.41) is 2.00. The molecule has 2 rings (SSSR count). The third-order valence-electron chi connectivity index (χ3n) is 1.66. The molecule has 2 N–H and O–H groups in total. The van der Waals surface area contributed by atoms with Gasteiger partial charge in [0.1, 0.15) is 5.69 Å². The Hall–Kier alpha value is -0.650. The van der Waals surface area contributed by atoms with E-state index in [-0.39, 0.29) is 0 Å². The van der Waals surface area contributed by atoms with Crippen LogP contribution in [0.5, 0.6) is 0 Å². The minimum atomic E-state index is 0.402. The lowest BCUT2D eigenvalue weighted by atomic mass is 10.2. The molecule has 0 aromatic carbocycles. The Labute approximate surface area is 87.7 Å². The summed E-state index contributed by atoms with van der Waals surface area (Å²) in [5.74, 6) is 0.768. The Morgan fingerprint density at radius 2 is 2.46 bits per heavy atom. The lowest BCUT2D eigenvalue weighted by molar-refractivity contribution is 0.571. The van der Waals surface area contributed by atoms with Crippen LogP contribution in [0.15, 0.2) is 26.0 Å². The fraction of sp³-hybridized carbons (Fsp3) is 0.125. The second-order valence-corrected chi connectivity index (χ2v) is 4.76. The summed E-state index contributed by atoms with van der Waals surface area (Å²) >= 11 is 5.00. The number of nitrogens with two attached hydrogens (primary N) is 1. The maximum atomic E-state index is 5.51. The van der Waals surface area contributed by atoms with Gasteiger partial charge in [-0.3, -0.25) is 0 Å². The van der Waals surface area contributed by atoms with Crippen LogP contribution in [-0.2, 0) is 6.54 Å². The quantitative estimate of drug-likeness (QED) is 0.901. The van der Waals surface area contributed by atoms with Gasteiger partial charge in [0.2, 0.25) is 0 Å². The van der Waals surface area contributed by atoms with Gasteiger partial charge in [-0.15, -0.1) is 11.3 Å². The lowest BCUT2D eigenvalue weighted by Gasteiger charge is -1.92. The third-order valence-corrected chi connectivity index (χ3v) is 3.17. The van der Waals surface area contributed by atoms with Gasteiger partial charge in [0.05, 0.1) is 3.79 Å². The van der Waals surface area contributed by atoms with Crippen molar-refractivity contribution in [2.24, 2.45) is 5.73 Å². The summed E-state index contributed by atoms with van der Waals surface area (Å²) in [5.41, 5.74) is 7.33. The first kappa shape index (κ1) is 8.93. The van der Waals surface area contributed by atoms with E-state index >= 15 is 0 Å². The molecule has 0 aliphatic carbocycles. The van der Waals surface area contributed by atoms with Crippen LogP contribution >= 0.6 is 27.3 Å². The predicted octanol–water partition coefficient (Wildman–Crippen LogP) is 2.62. The van der Waals surface area contributed by atoms with E-state index in [9.17, 15) is 0 Å². The molecule has 0 saturated heterocycles. The maximum absolute atomic E-state index is 5.51. The molecular weight excluding hydrogens is 252 g/mol. The van der Waals surface area contributed by atoms with Crippen molar-refractivity contribution in [1.82, 2.24) is 4.98 Å². The highest BCUT2D eigenvalue weighted by molar-refractivity contribution is 9.11. The van der Waals surface area contributed by atoms with E-state index < -0.39 is 0 Å². The van der Waals surface area contributed by atoms with Gasteiger partial charge in [-0.1, -0.05) is 0 Å². The van der Waals surface area contributed by atoms with E-state index in [1.54, 1.807) is 11.3 Å². The van der Waals surface area contributed by atoms with Crippen molar-refractivity contribution >= 4 is 27.3 Å². The van der Waals surface area contributed by atoms with E-state index in [2.05, 4.69) is 20.9 Å². The molecule has 0 bridgehead atoms. The SMILES string of the molecule is NCc1ncoc1-c1csc(Br)c1. The molecule has 2 heterocycles. The molecule has 0 unspecified atom stereocenters. The molecule has 13 heavy (non-hydrogen) atoms. The smallest absolute Gasteiger partial charge is 0.181 e. The number of thiophene rings is 1. The standard InChI is InChI=1S/C8H7BrN2OS/c9-7-1-5(3-13-7)8-6(2-10)11-4-12-8/h1,3-4H,2,10H2. The zero-order valence-electron chi connectivity index (χ0n) is 6.66. The average Bonchev–Trinajstić information content (AvgIpc) is 2.71. The molecule has 2 aromatic heterocycles. The first-order chi connectivity index (χ1) is 6.31. The summed E-state index contributed by atoms with van der Waals surface area (Å²) in [4.78, 5) is 4.02. The lowest BCUT2D eigenvalue weighted by Crippen LogP contribution is -1.97. The summed E-state index contributed by atoms with van der Waals surface area (Å²) in [6.45, 7) is 0.402. The minimum absolute atomic E-state index is 0.402. The molecular formula is C8H7BrN2OS. The fourth-order valence-electron chi connectivity index (χ4n) is 1.08. The topological polar surface area (TPSA) is 52.0 Å². The zero-order valence-corrected chi connectivity index (χ0v) is 9.06. The summed E-state index contributed by atoms with van der Waals surface area (Å²) in [6, 6.07) is 1.99. The van der Waals surface area contributed by atoms with Crippen molar-refractivity contribution in [2.75, 3.05) is 0 Å². The molecule has 68 valence electrons. The minimum Gasteiger partial charge on any atom is -0.443 e. The van der Waals surface area contributed by atoms with Gasteiger partial charge in [0, 0.05) is 17.5 Å². The fourth-order valence-corrected chi connectivity index (χ4v) is 2.22. The van der Waals surface area contributed by atoms with Gasteiger partial charge in [0.25, 0.3) is 0 Å². The van der Waals surface area contributed by atoms with Crippen LogP contribution in [0.2, 0.25) is 0 Å². The van der Waals surface area contributed by atoms with Gasteiger partial charge >= 0.3 is 0 Å². The molecule has 0 fully saturated rings. The summed E-state index contributed by atoms with van der Waals surface area (Å²) in [7, 11) is 0. The van der Waals surface area contributed by atoms with Crippen LogP contribution < -0.4 is 5.73 Å². The van der Waals surface area contributed by atoms with E-state index in [4.69, 9.17) is 10.2 Å². The highest BCUT2D eigenvalue weighted by atomic mass is 79.9. The molecule has 0 spiro atoms. The van der Waals surface area contributed by atoms with Gasteiger partial charge in [-0.25, -0.2) is 4.98 Å². The molecule has 0 atom stereocenters. The number of aromatic nitrogens is 1. The number of rotatable bonds is 2. The van der Waals surface area contributed by atoms with Gasteiger partial charge in [0.15, 0.2) is 12.2 Å². The monoisotopic (exact) mass is 258 g/mol. The van der Waals surface area contributed by atoms with Gasteiger partial charge in [-0.2, -0.15) is 0 Å². The second kappa shape index (κ2) is 3.61. The van der Waals surface area contributed by atoms with Crippen molar-refractivity contribution in [3.63, 3.8) is 0 Å². The van der Waals surface area contributed by atoms with Crippen molar-refractivity contribution in [1.29, 1.82) is 0 Å². The van der Waals surface area contributed by atoms with Gasteiger partial charge < -0.3 is 10.2 Å². The van der Waals surface area contributed by atoms with Crippen molar-refractivity contribution in [3.05, 3.63) is 27.3 Å². The van der Waals surface area contributed by atoms with Crippen LogP contribution in [0.3, 0.4) is 0 Å². The van der Waals surface area contributed by atoms with Crippen LogP contribution in [0.4, 0.5) is 0 Å². The van der Waals surface area contributed by atoms with Crippen molar-refractivity contribution in [2.45, 2.75) is 6.54 Å². The van der Waals surface area contributed by atoms with Crippen LogP contribution in [0.25, 0.3) is 11.3 Å². The largest absolute Gasteiger partial charge is 0.443 e. The number of halogens is 1. The molecule has 0 radical (unpaired) electrons. The summed E-state index contributed by atoms with van der Waals surface area (Å²) in [6.07, 6.45) is 1.42. The van der Waals surface area contributed by atoms with E-state index in [1.165, 1.54) is 6.39 Å². The maximum Gasteiger partial charge on any atom is 0.181 e. The Morgan fingerprint density at radius 3 is 3.08 bits per heavy atom. The molecule has 0 aliphatic rings. The van der Waals surface area contributed by atoms with E-state index in [1.807, 2.05) is 11.4 Å². The molecule has 0 saturated carbocycles. The van der Waals surface area contributed by atoms with Crippen LogP contribution in [0, 0.1) is 0 Å². The first-order valence-electron chi connectivity index (χ1n) is 3.68. The van der Waals surface area contributed by atoms with Crippen LogP contribution in [-0.4, -0.2) is 4.98 Å². The molecule has 0 aliphatic heterocycles.